The number of nitrogens with one attached hydrogen (secondary N) is 1. The van der Waals surface area contributed by atoms with E-state index in [-0.39, 0.29) is 17.9 Å². The van der Waals surface area contributed by atoms with Gasteiger partial charge in [-0.3, -0.25) is 14.2 Å². The molecule has 2 aromatic heterocycles. The van der Waals surface area contributed by atoms with Crippen LogP contribution in [-0.4, -0.2) is 26.8 Å². The number of aryl methyl sites for hydroxylation is 1. The van der Waals surface area contributed by atoms with E-state index in [1.54, 1.807) is 6.07 Å². The predicted molar refractivity (Wildman–Crippen MR) is 115 cm³/mol. The molecule has 0 atom stereocenters. The molecule has 2 aromatic carbocycles. The Morgan fingerprint density at radius 3 is 2.93 bits per heavy atom. The third-order valence-corrected chi connectivity index (χ3v) is 5.75. The van der Waals surface area contributed by atoms with Gasteiger partial charge in [0.15, 0.2) is 0 Å². The second kappa shape index (κ2) is 7.84. The Kier molecular flexibility index (Phi) is 5.09. The van der Waals surface area contributed by atoms with Crippen LogP contribution in [0, 0.1) is 0 Å². The van der Waals surface area contributed by atoms with Gasteiger partial charge in [-0.1, -0.05) is 37.3 Å². The number of benzene rings is 2. The number of phenols is 1. The summed E-state index contributed by atoms with van der Waals surface area (Å²) in [7, 11) is 0. The summed E-state index contributed by atoms with van der Waals surface area (Å²) in [6.45, 7) is 1.82. The third-order valence-electron chi connectivity index (χ3n) is 4.56. The Hall–Kier alpha value is -3.52. The van der Waals surface area contributed by atoms with Crippen LogP contribution in [0.1, 0.15) is 17.4 Å². The summed E-state index contributed by atoms with van der Waals surface area (Å²) in [5.74, 6) is -0.396. The molecule has 4 rings (SSSR count). The molecule has 0 fully saturated rings. The number of phenolic OH excluding ortho intramolecular Hbond substituents is 1. The number of thiophene rings is 1. The molecular weight excluding hydrogens is 388 g/mol. The summed E-state index contributed by atoms with van der Waals surface area (Å²) in [6, 6.07) is 12.8. The topological polar surface area (TPSA) is 96.6 Å². The first kappa shape index (κ1) is 18.8. The lowest BCUT2D eigenvalue weighted by Gasteiger charge is -2.05. The van der Waals surface area contributed by atoms with E-state index in [0.717, 1.165) is 22.1 Å². The van der Waals surface area contributed by atoms with Gasteiger partial charge in [0.2, 0.25) is 0 Å². The minimum absolute atomic E-state index is 0.0664. The van der Waals surface area contributed by atoms with Crippen LogP contribution in [0.5, 0.6) is 5.75 Å². The minimum Gasteiger partial charge on any atom is -0.507 e. The zero-order chi connectivity index (χ0) is 20.4. The molecule has 0 saturated carbocycles. The van der Waals surface area contributed by atoms with Crippen molar-refractivity contribution >= 4 is 44.4 Å². The van der Waals surface area contributed by atoms with Gasteiger partial charge in [-0.25, -0.2) is 10.4 Å². The van der Waals surface area contributed by atoms with Crippen LogP contribution in [0.4, 0.5) is 0 Å². The Morgan fingerprint density at radius 2 is 2.10 bits per heavy atom. The van der Waals surface area contributed by atoms with Gasteiger partial charge >= 0.3 is 0 Å². The first-order chi connectivity index (χ1) is 14.1. The maximum Gasteiger partial charge on any atom is 0.262 e. The molecule has 29 heavy (non-hydrogen) atoms. The highest BCUT2D eigenvalue weighted by molar-refractivity contribution is 7.18. The Bertz CT molecular complexity index is 1310. The van der Waals surface area contributed by atoms with Gasteiger partial charge in [-0.2, -0.15) is 5.10 Å². The number of aromatic nitrogens is 2. The van der Waals surface area contributed by atoms with E-state index in [0.29, 0.717) is 15.8 Å². The molecule has 0 aliphatic carbocycles. The van der Waals surface area contributed by atoms with Crippen molar-refractivity contribution in [2.75, 3.05) is 0 Å². The Morgan fingerprint density at radius 1 is 1.28 bits per heavy atom. The number of nitrogens with zero attached hydrogens (tertiary/aromatic N) is 3. The number of carbonyl (C=O) groups excluding carboxylic acids is 1. The predicted octanol–water partition coefficient (Wildman–Crippen LogP) is 3.03. The number of fused-ring (bicyclic) bond motifs is 2. The smallest absolute Gasteiger partial charge is 0.262 e. The van der Waals surface area contributed by atoms with Crippen LogP contribution in [0.25, 0.3) is 21.0 Å². The first-order valence-electron chi connectivity index (χ1n) is 9.07. The van der Waals surface area contributed by atoms with Crippen molar-refractivity contribution in [3.8, 4) is 5.75 Å². The fourth-order valence-corrected chi connectivity index (χ4v) is 4.00. The van der Waals surface area contributed by atoms with Crippen molar-refractivity contribution in [2.45, 2.75) is 19.9 Å². The van der Waals surface area contributed by atoms with Crippen LogP contribution in [-0.2, 0) is 17.8 Å². The number of amides is 1. The lowest BCUT2D eigenvalue weighted by atomic mass is 10.0. The summed E-state index contributed by atoms with van der Waals surface area (Å²) < 4.78 is 1.26. The molecule has 0 aliphatic rings. The average Bonchev–Trinajstić information content (AvgIpc) is 3.16. The Labute approximate surface area is 169 Å². The lowest BCUT2D eigenvalue weighted by Crippen LogP contribution is -2.29. The number of hydrogen-bond donors (Lipinski definition) is 2. The summed E-state index contributed by atoms with van der Waals surface area (Å²) in [4.78, 5) is 30.8. The molecule has 0 aliphatic heterocycles. The first-order valence-corrected chi connectivity index (χ1v) is 9.89. The van der Waals surface area contributed by atoms with E-state index in [1.165, 1.54) is 28.4 Å². The number of carbonyl (C=O) groups is 1. The molecule has 0 radical (unpaired) electrons. The maximum atomic E-state index is 12.6. The van der Waals surface area contributed by atoms with Crippen molar-refractivity contribution in [3.63, 3.8) is 0 Å². The quantitative estimate of drug-likeness (QED) is 0.393. The fourth-order valence-electron chi connectivity index (χ4n) is 3.08. The van der Waals surface area contributed by atoms with Gasteiger partial charge in [-0.05, 0) is 29.3 Å². The van der Waals surface area contributed by atoms with E-state index in [2.05, 4.69) is 15.5 Å². The highest BCUT2D eigenvalue weighted by atomic mass is 32.1. The summed E-state index contributed by atoms with van der Waals surface area (Å²) in [6.07, 6.45) is 3.60. The van der Waals surface area contributed by atoms with E-state index in [4.69, 9.17) is 0 Å². The van der Waals surface area contributed by atoms with Gasteiger partial charge in [0.25, 0.3) is 11.5 Å². The number of hydrogen-bond acceptors (Lipinski definition) is 6. The van der Waals surface area contributed by atoms with Crippen LogP contribution in [0.15, 0.2) is 58.7 Å². The molecule has 7 nitrogen and oxygen atoms in total. The molecule has 0 unspecified atom stereocenters. The van der Waals surface area contributed by atoms with Gasteiger partial charge in [0.1, 0.15) is 17.1 Å². The largest absolute Gasteiger partial charge is 0.507 e. The average molecular weight is 406 g/mol. The summed E-state index contributed by atoms with van der Waals surface area (Å²) >= 11 is 1.48. The molecule has 2 N–H and O–H groups in total. The van der Waals surface area contributed by atoms with Crippen molar-refractivity contribution < 1.29 is 9.90 Å². The molecule has 4 aromatic rings. The monoisotopic (exact) mass is 406 g/mol. The van der Waals surface area contributed by atoms with Crippen molar-refractivity contribution in [2.24, 2.45) is 5.10 Å². The van der Waals surface area contributed by atoms with Gasteiger partial charge < -0.3 is 5.11 Å². The number of hydrazone groups is 1. The second-order valence-corrected chi connectivity index (χ2v) is 7.59. The fraction of sp³-hybridized carbons (Fsp3) is 0.143. The molecule has 146 valence electrons. The van der Waals surface area contributed by atoms with E-state index in [9.17, 15) is 14.7 Å². The number of rotatable bonds is 5. The normalized spacial score (nSPS) is 11.5. The zero-order valence-electron chi connectivity index (χ0n) is 15.6. The molecule has 1 amide bonds. The minimum atomic E-state index is -0.463. The van der Waals surface area contributed by atoms with Crippen LogP contribution >= 0.6 is 11.3 Å². The van der Waals surface area contributed by atoms with Crippen LogP contribution in [0.2, 0.25) is 0 Å². The zero-order valence-corrected chi connectivity index (χ0v) is 16.4. The van der Waals surface area contributed by atoms with Gasteiger partial charge in [-0.15, -0.1) is 11.3 Å². The van der Waals surface area contributed by atoms with E-state index < -0.39 is 5.91 Å². The SMILES string of the molecule is CCc1cc2c(=O)n(CC(=O)NN=Cc3c(O)ccc4ccccc34)cnc2s1. The third kappa shape index (κ3) is 3.74. The highest BCUT2D eigenvalue weighted by Crippen LogP contribution is 2.25. The second-order valence-electron chi connectivity index (χ2n) is 6.48. The summed E-state index contributed by atoms with van der Waals surface area (Å²) in [5, 5.41) is 16.3. The van der Waals surface area contributed by atoms with E-state index in [1.807, 2.05) is 43.3 Å². The molecule has 0 saturated heterocycles. The lowest BCUT2D eigenvalue weighted by molar-refractivity contribution is -0.121. The molecule has 8 heteroatoms. The van der Waals surface area contributed by atoms with Gasteiger partial charge in [0.05, 0.1) is 17.9 Å². The van der Waals surface area contributed by atoms with Crippen LogP contribution < -0.4 is 11.0 Å². The maximum absolute atomic E-state index is 12.6. The molecule has 0 spiro atoms. The number of aromatic hydroxyl groups is 1. The van der Waals surface area contributed by atoms with Crippen molar-refractivity contribution in [1.82, 2.24) is 15.0 Å². The Balaban J connectivity index is 1.51. The molecule has 0 bridgehead atoms. The van der Waals surface area contributed by atoms with Gasteiger partial charge in [0, 0.05) is 10.4 Å². The van der Waals surface area contributed by atoms with E-state index >= 15 is 0 Å². The highest BCUT2D eigenvalue weighted by Gasteiger charge is 2.11. The summed E-state index contributed by atoms with van der Waals surface area (Å²) in [5.41, 5.74) is 2.65. The molecule has 2 heterocycles. The van der Waals surface area contributed by atoms with Crippen molar-refractivity contribution in [3.05, 3.63) is 69.6 Å². The molecular formula is C21H18N4O3S. The van der Waals surface area contributed by atoms with Crippen LogP contribution in [0.3, 0.4) is 0 Å². The van der Waals surface area contributed by atoms with Crippen molar-refractivity contribution in [1.29, 1.82) is 0 Å². The standard InChI is InChI=1S/C21H18N4O3S/c1-2-14-9-16-20(29-14)22-12-25(21(16)28)11-19(27)24-23-10-17-15-6-4-3-5-13(15)7-8-18(17)26/h3-10,12,26H,2,11H2,1H3,(H,24,27).